The molecule has 22 heavy (non-hydrogen) atoms. The molecule has 1 aromatic carbocycles. The van der Waals surface area contributed by atoms with Gasteiger partial charge in [-0.1, -0.05) is 23.7 Å². The Hall–Kier alpha value is -1.43. The normalized spacial score (nSPS) is 17.6. The van der Waals surface area contributed by atoms with E-state index >= 15 is 0 Å². The number of carbonyl (C=O) groups excluding carboxylic acids is 1. The summed E-state index contributed by atoms with van der Waals surface area (Å²) in [7, 11) is 0. The van der Waals surface area contributed by atoms with Gasteiger partial charge >= 0.3 is 0 Å². The molecule has 6 heteroatoms. The number of rotatable bonds is 4. The van der Waals surface area contributed by atoms with Crippen molar-refractivity contribution >= 4 is 28.8 Å². The fourth-order valence-electron chi connectivity index (χ4n) is 2.46. The standard InChI is InChI=1S/C16H17ClN2O2S/c1-10-15(11-4-6-12(17)7-5-11)19-14(22-10)9-18-16(20)13-3-2-8-21-13/h4-7,13H,2-3,8-9H2,1H3,(H,18,20)/t13-/m0/s1. The number of thiazole rings is 1. The van der Waals surface area contributed by atoms with E-state index in [2.05, 4.69) is 10.3 Å². The minimum absolute atomic E-state index is 0.0432. The highest BCUT2D eigenvalue weighted by molar-refractivity contribution is 7.12. The van der Waals surface area contributed by atoms with Crippen molar-refractivity contribution in [3.8, 4) is 11.3 Å². The first-order chi connectivity index (χ1) is 10.6. The maximum absolute atomic E-state index is 11.9. The lowest BCUT2D eigenvalue weighted by Gasteiger charge is -2.08. The zero-order valence-electron chi connectivity index (χ0n) is 12.3. The minimum atomic E-state index is -0.295. The lowest BCUT2D eigenvalue weighted by molar-refractivity contribution is -0.130. The van der Waals surface area contributed by atoms with Crippen LogP contribution in [0.1, 0.15) is 22.7 Å². The third-order valence-corrected chi connectivity index (χ3v) is 4.82. The predicted molar refractivity (Wildman–Crippen MR) is 88.1 cm³/mol. The predicted octanol–water partition coefficient (Wildman–Crippen LogP) is 3.57. The maximum atomic E-state index is 11.9. The van der Waals surface area contributed by atoms with Gasteiger partial charge in [-0.3, -0.25) is 4.79 Å². The SMILES string of the molecule is Cc1sc(CNC(=O)[C@@H]2CCCO2)nc1-c1ccc(Cl)cc1. The van der Waals surface area contributed by atoms with Crippen molar-refractivity contribution in [3.63, 3.8) is 0 Å². The van der Waals surface area contributed by atoms with Crippen LogP contribution in [0.25, 0.3) is 11.3 Å². The largest absolute Gasteiger partial charge is 0.368 e. The number of hydrogen-bond donors (Lipinski definition) is 1. The molecule has 2 aromatic rings. The number of ether oxygens (including phenoxy) is 1. The zero-order valence-corrected chi connectivity index (χ0v) is 13.8. The smallest absolute Gasteiger partial charge is 0.249 e. The fraction of sp³-hybridized carbons (Fsp3) is 0.375. The fourth-order valence-corrected chi connectivity index (χ4v) is 3.48. The molecule has 0 spiro atoms. The van der Waals surface area contributed by atoms with E-state index in [1.54, 1.807) is 11.3 Å². The Balaban J connectivity index is 1.67. The quantitative estimate of drug-likeness (QED) is 0.928. The molecule has 3 rings (SSSR count). The number of amides is 1. The molecule has 0 radical (unpaired) electrons. The second-order valence-electron chi connectivity index (χ2n) is 5.24. The van der Waals surface area contributed by atoms with Crippen LogP contribution in [0.2, 0.25) is 5.02 Å². The molecule has 0 aliphatic carbocycles. The van der Waals surface area contributed by atoms with Crippen LogP contribution in [-0.2, 0) is 16.1 Å². The van der Waals surface area contributed by atoms with Crippen LogP contribution in [0.4, 0.5) is 0 Å². The molecule has 1 aliphatic rings. The van der Waals surface area contributed by atoms with E-state index in [1.807, 2.05) is 31.2 Å². The summed E-state index contributed by atoms with van der Waals surface area (Å²) in [6.45, 7) is 3.15. The molecule has 1 amide bonds. The van der Waals surface area contributed by atoms with Gasteiger partial charge in [0.25, 0.3) is 0 Å². The van der Waals surface area contributed by atoms with E-state index in [9.17, 15) is 4.79 Å². The Morgan fingerprint density at radius 2 is 2.23 bits per heavy atom. The molecule has 0 saturated carbocycles. The second-order valence-corrected chi connectivity index (χ2v) is 6.96. The number of carbonyl (C=O) groups is 1. The van der Waals surface area contributed by atoms with E-state index in [4.69, 9.17) is 16.3 Å². The van der Waals surface area contributed by atoms with Gasteiger partial charge in [-0.2, -0.15) is 0 Å². The molecule has 1 aromatic heterocycles. The number of nitrogens with zero attached hydrogens (tertiary/aromatic N) is 1. The third kappa shape index (κ3) is 3.48. The minimum Gasteiger partial charge on any atom is -0.368 e. The van der Waals surface area contributed by atoms with Crippen LogP contribution in [-0.4, -0.2) is 23.6 Å². The Kier molecular flexibility index (Phi) is 4.76. The molecular formula is C16H17ClN2O2S. The van der Waals surface area contributed by atoms with E-state index in [-0.39, 0.29) is 12.0 Å². The van der Waals surface area contributed by atoms with Crippen molar-refractivity contribution in [3.05, 3.63) is 39.2 Å². The zero-order chi connectivity index (χ0) is 15.5. The van der Waals surface area contributed by atoms with Crippen molar-refractivity contribution in [2.45, 2.75) is 32.4 Å². The van der Waals surface area contributed by atoms with Crippen LogP contribution in [0.15, 0.2) is 24.3 Å². The number of halogens is 1. The van der Waals surface area contributed by atoms with Crippen LogP contribution >= 0.6 is 22.9 Å². The summed E-state index contributed by atoms with van der Waals surface area (Å²) in [6.07, 6.45) is 1.46. The summed E-state index contributed by atoms with van der Waals surface area (Å²) in [5.41, 5.74) is 1.98. The lowest BCUT2D eigenvalue weighted by atomic mass is 10.1. The first-order valence-electron chi connectivity index (χ1n) is 7.25. The highest BCUT2D eigenvalue weighted by atomic mass is 35.5. The molecule has 1 fully saturated rings. The molecule has 0 unspecified atom stereocenters. The summed E-state index contributed by atoms with van der Waals surface area (Å²) in [5, 5.41) is 4.51. The van der Waals surface area contributed by atoms with Crippen LogP contribution < -0.4 is 5.32 Å². The number of benzene rings is 1. The molecule has 4 nitrogen and oxygen atoms in total. The number of nitrogens with one attached hydrogen (secondary N) is 1. The molecule has 116 valence electrons. The van der Waals surface area contributed by atoms with E-state index in [0.29, 0.717) is 18.2 Å². The molecule has 1 atom stereocenters. The van der Waals surface area contributed by atoms with E-state index in [1.165, 1.54) is 0 Å². The van der Waals surface area contributed by atoms with Gasteiger partial charge in [0.15, 0.2) is 0 Å². The average molecular weight is 337 g/mol. The Morgan fingerprint density at radius 1 is 1.45 bits per heavy atom. The summed E-state index contributed by atoms with van der Waals surface area (Å²) in [5.74, 6) is -0.0432. The highest BCUT2D eigenvalue weighted by Crippen LogP contribution is 2.28. The summed E-state index contributed by atoms with van der Waals surface area (Å²) in [6, 6.07) is 7.63. The van der Waals surface area contributed by atoms with Gasteiger partial charge in [-0.05, 0) is 31.9 Å². The molecule has 1 N–H and O–H groups in total. The average Bonchev–Trinajstić information content (AvgIpc) is 3.15. The number of hydrogen-bond acceptors (Lipinski definition) is 4. The molecule has 1 aliphatic heterocycles. The number of aryl methyl sites for hydroxylation is 1. The van der Waals surface area contributed by atoms with Crippen LogP contribution in [0.5, 0.6) is 0 Å². The first-order valence-corrected chi connectivity index (χ1v) is 8.44. The van der Waals surface area contributed by atoms with Gasteiger partial charge in [0.1, 0.15) is 11.1 Å². The monoisotopic (exact) mass is 336 g/mol. The van der Waals surface area contributed by atoms with Gasteiger partial charge in [0, 0.05) is 22.1 Å². The second kappa shape index (κ2) is 6.77. The summed E-state index contributed by atoms with van der Waals surface area (Å²) < 4.78 is 5.37. The molecule has 1 saturated heterocycles. The third-order valence-electron chi connectivity index (χ3n) is 3.59. The van der Waals surface area contributed by atoms with Crippen LogP contribution in [0, 0.1) is 6.92 Å². The van der Waals surface area contributed by atoms with Crippen molar-refractivity contribution in [1.29, 1.82) is 0 Å². The van der Waals surface area contributed by atoms with Gasteiger partial charge in [-0.25, -0.2) is 4.98 Å². The van der Waals surface area contributed by atoms with E-state index < -0.39 is 0 Å². The highest BCUT2D eigenvalue weighted by Gasteiger charge is 2.23. The summed E-state index contributed by atoms with van der Waals surface area (Å²) in [4.78, 5) is 17.7. The topological polar surface area (TPSA) is 51.2 Å². The lowest BCUT2D eigenvalue weighted by Crippen LogP contribution is -2.33. The van der Waals surface area contributed by atoms with E-state index in [0.717, 1.165) is 34.0 Å². The maximum Gasteiger partial charge on any atom is 0.249 e. The Bertz CT molecular complexity index is 663. The van der Waals surface area contributed by atoms with Crippen molar-refractivity contribution < 1.29 is 9.53 Å². The van der Waals surface area contributed by atoms with Gasteiger partial charge < -0.3 is 10.1 Å². The Morgan fingerprint density at radius 3 is 2.91 bits per heavy atom. The van der Waals surface area contributed by atoms with Gasteiger partial charge in [-0.15, -0.1) is 11.3 Å². The van der Waals surface area contributed by atoms with Gasteiger partial charge in [0.05, 0.1) is 12.2 Å². The number of aromatic nitrogens is 1. The van der Waals surface area contributed by atoms with Crippen molar-refractivity contribution in [2.75, 3.05) is 6.61 Å². The van der Waals surface area contributed by atoms with Gasteiger partial charge in [0.2, 0.25) is 5.91 Å². The molecular weight excluding hydrogens is 320 g/mol. The summed E-state index contributed by atoms with van der Waals surface area (Å²) >= 11 is 7.51. The van der Waals surface area contributed by atoms with Crippen molar-refractivity contribution in [2.24, 2.45) is 0 Å². The molecule has 0 bridgehead atoms. The Labute approximate surface area is 138 Å². The first kappa shape index (κ1) is 15.5. The molecule has 2 heterocycles. The van der Waals surface area contributed by atoms with Crippen molar-refractivity contribution in [1.82, 2.24) is 10.3 Å². The van der Waals surface area contributed by atoms with Crippen LogP contribution in [0.3, 0.4) is 0 Å².